The zero-order valence-electron chi connectivity index (χ0n) is 14.7. The Labute approximate surface area is 156 Å². The van der Waals surface area contributed by atoms with Crippen LogP contribution in [0.1, 0.15) is 34.7 Å². The number of benzene rings is 2. The van der Waals surface area contributed by atoms with Crippen LogP contribution in [0.4, 0.5) is 4.79 Å². The number of nitrogens with two attached hydrogens (primary N) is 1. The number of hydrogen-bond acceptors (Lipinski definition) is 3. The molecule has 0 radical (unpaired) electrons. The second kappa shape index (κ2) is 6.75. The molecule has 7 nitrogen and oxygen atoms in total. The summed E-state index contributed by atoms with van der Waals surface area (Å²) in [6, 6.07) is 13.3. The molecule has 0 aliphatic carbocycles. The van der Waals surface area contributed by atoms with E-state index in [-0.39, 0.29) is 5.92 Å². The zero-order chi connectivity index (χ0) is 19.0. The third-order valence-electron chi connectivity index (χ3n) is 5.12. The lowest BCUT2D eigenvalue weighted by Gasteiger charge is -2.31. The van der Waals surface area contributed by atoms with Gasteiger partial charge in [0.1, 0.15) is 5.52 Å². The molecule has 1 aromatic heterocycles. The summed E-state index contributed by atoms with van der Waals surface area (Å²) in [6.07, 6.45) is 2.87. The molecular weight excluding hydrogens is 344 g/mol. The first kappa shape index (κ1) is 17.1. The van der Waals surface area contributed by atoms with E-state index in [1.54, 1.807) is 16.8 Å². The molecule has 1 saturated heterocycles. The normalized spacial score (nSPS) is 17.2. The van der Waals surface area contributed by atoms with Gasteiger partial charge in [0, 0.05) is 30.6 Å². The van der Waals surface area contributed by atoms with Gasteiger partial charge < -0.3 is 15.7 Å². The first-order chi connectivity index (χ1) is 13.0. The number of primary amides is 1. The first-order valence-electron chi connectivity index (χ1n) is 8.89. The first-order valence-corrected chi connectivity index (χ1v) is 8.89. The van der Waals surface area contributed by atoms with Crippen LogP contribution in [0.25, 0.3) is 16.6 Å². The number of nitrogens with zero attached hydrogens (tertiary/aromatic N) is 3. The summed E-state index contributed by atoms with van der Waals surface area (Å²) < 4.78 is 1.73. The topological polar surface area (TPSA) is 101 Å². The molecular formula is C20H20N4O3. The van der Waals surface area contributed by atoms with Gasteiger partial charge in [0.25, 0.3) is 5.91 Å². The standard InChI is InChI=1S/C20H20N4O3/c21-19(25)17-5-1-3-15-12-24(22-18(15)17)16-8-6-13(7-9-16)14-4-2-10-23(11-14)20(26)27/h1,3,5-9,12,14H,2,4,10-11H2,(H2,21,25)(H,26,27). The van der Waals surface area contributed by atoms with Crippen LogP contribution in [0.2, 0.25) is 0 Å². The van der Waals surface area contributed by atoms with Crippen LogP contribution >= 0.6 is 0 Å². The van der Waals surface area contributed by atoms with Crippen LogP contribution in [0, 0.1) is 0 Å². The molecule has 4 rings (SSSR count). The highest BCUT2D eigenvalue weighted by Gasteiger charge is 2.24. The molecule has 0 spiro atoms. The van der Waals surface area contributed by atoms with Crippen molar-refractivity contribution < 1.29 is 14.7 Å². The van der Waals surface area contributed by atoms with Crippen LogP contribution in [0.15, 0.2) is 48.7 Å². The van der Waals surface area contributed by atoms with E-state index in [0.29, 0.717) is 24.2 Å². The van der Waals surface area contributed by atoms with E-state index in [2.05, 4.69) is 5.10 Å². The summed E-state index contributed by atoms with van der Waals surface area (Å²) in [5, 5.41) is 14.6. The lowest BCUT2D eigenvalue weighted by atomic mass is 9.91. The number of carboxylic acid groups (broad SMARTS) is 1. The Balaban J connectivity index is 1.61. The number of carbonyl (C=O) groups is 2. The highest BCUT2D eigenvalue weighted by Crippen LogP contribution is 2.28. The van der Waals surface area contributed by atoms with Gasteiger partial charge in [-0.2, -0.15) is 5.10 Å². The van der Waals surface area contributed by atoms with E-state index in [9.17, 15) is 14.7 Å². The number of amides is 2. The molecule has 1 aliphatic heterocycles. The van der Waals surface area contributed by atoms with Gasteiger partial charge >= 0.3 is 6.09 Å². The van der Waals surface area contributed by atoms with Crippen LogP contribution in [-0.2, 0) is 0 Å². The van der Waals surface area contributed by atoms with Crippen LogP contribution < -0.4 is 5.73 Å². The summed E-state index contributed by atoms with van der Waals surface area (Å²) in [5.41, 5.74) is 8.41. The molecule has 1 atom stereocenters. The maximum Gasteiger partial charge on any atom is 0.407 e. The number of hydrogen-bond donors (Lipinski definition) is 2. The summed E-state index contributed by atoms with van der Waals surface area (Å²) in [4.78, 5) is 24.3. The lowest BCUT2D eigenvalue weighted by Crippen LogP contribution is -2.38. The van der Waals surface area contributed by atoms with Crippen molar-refractivity contribution >= 4 is 22.9 Å². The Morgan fingerprint density at radius 3 is 2.63 bits per heavy atom. The Hall–Kier alpha value is -3.35. The summed E-state index contributed by atoms with van der Waals surface area (Å²) >= 11 is 0. The molecule has 3 N–H and O–H groups in total. The second-order valence-electron chi connectivity index (χ2n) is 6.84. The Morgan fingerprint density at radius 2 is 1.93 bits per heavy atom. The molecule has 2 amide bonds. The van der Waals surface area contributed by atoms with Gasteiger partial charge in [0.2, 0.25) is 0 Å². The molecule has 2 aromatic carbocycles. The molecule has 0 bridgehead atoms. The van der Waals surface area contributed by atoms with Gasteiger partial charge in [-0.05, 0) is 36.6 Å². The lowest BCUT2D eigenvalue weighted by molar-refractivity contribution is 0.100. The van der Waals surface area contributed by atoms with E-state index in [0.717, 1.165) is 29.5 Å². The van der Waals surface area contributed by atoms with Crippen molar-refractivity contribution in [2.45, 2.75) is 18.8 Å². The van der Waals surface area contributed by atoms with Crippen LogP contribution in [0.3, 0.4) is 0 Å². The Bertz CT molecular complexity index is 1010. The van der Waals surface area contributed by atoms with Gasteiger partial charge in [-0.15, -0.1) is 0 Å². The van der Waals surface area contributed by atoms with Crippen molar-refractivity contribution in [3.8, 4) is 5.69 Å². The predicted octanol–water partition coefficient (Wildman–Crippen LogP) is 2.98. The fourth-order valence-electron chi connectivity index (χ4n) is 3.70. The largest absolute Gasteiger partial charge is 0.465 e. The Morgan fingerprint density at radius 1 is 1.15 bits per heavy atom. The highest BCUT2D eigenvalue weighted by molar-refractivity contribution is 6.04. The van der Waals surface area contributed by atoms with Crippen molar-refractivity contribution in [3.05, 3.63) is 59.8 Å². The quantitative estimate of drug-likeness (QED) is 0.746. The minimum Gasteiger partial charge on any atom is -0.465 e. The molecule has 0 saturated carbocycles. The molecule has 1 aliphatic rings. The van der Waals surface area contributed by atoms with Crippen molar-refractivity contribution in [2.75, 3.05) is 13.1 Å². The van der Waals surface area contributed by atoms with Crippen molar-refractivity contribution in [1.82, 2.24) is 14.7 Å². The van der Waals surface area contributed by atoms with E-state index >= 15 is 0 Å². The van der Waals surface area contributed by atoms with Crippen LogP contribution in [0.5, 0.6) is 0 Å². The van der Waals surface area contributed by atoms with E-state index in [4.69, 9.17) is 5.73 Å². The van der Waals surface area contributed by atoms with Crippen LogP contribution in [-0.4, -0.2) is 44.9 Å². The third-order valence-corrected chi connectivity index (χ3v) is 5.12. The second-order valence-corrected chi connectivity index (χ2v) is 6.84. The van der Waals surface area contributed by atoms with E-state index in [1.807, 2.05) is 36.5 Å². The summed E-state index contributed by atoms with van der Waals surface area (Å²) in [6.45, 7) is 1.13. The summed E-state index contributed by atoms with van der Waals surface area (Å²) in [7, 11) is 0. The zero-order valence-corrected chi connectivity index (χ0v) is 14.7. The third kappa shape index (κ3) is 3.23. The molecule has 3 aromatic rings. The maximum atomic E-state index is 11.6. The van der Waals surface area contributed by atoms with Gasteiger partial charge in [-0.1, -0.05) is 24.3 Å². The molecule has 2 heterocycles. The minimum atomic E-state index is -0.857. The number of carbonyl (C=O) groups excluding carboxylic acids is 1. The fraction of sp³-hybridized carbons (Fsp3) is 0.250. The van der Waals surface area contributed by atoms with Gasteiger partial charge in [-0.25, -0.2) is 9.48 Å². The van der Waals surface area contributed by atoms with Gasteiger partial charge in [0.15, 0.2) is 0 Å². The minimum absolute atomic E-state index is 0.210. The Kier molecular flexibility index (Phi) is 4.27. The number of piperidine rings is 1. The fourth-order valence-corrected chi connectivity index (χ4v) is 3.70. The number of aromatic nitrogens is 2. The monoisotopic (exact) mass is 364 g/mol. The van der Waals surface area contributed by atoms with E-state index < -0.39 is 12.0 Å². The molecule has 27 heavy (non-hydrogen) atoms. The molecule has 138 valence electrons. The van der Waals surface area contributed by atoms with E-state index in [1.165, 1.54) is 4.90 Å². The van der Waals surface area contributed by atoms with Gasteiger partial charge in [-0.3, -0.25) is 4.79 Å². The number of rotatable bonds is 3. The maximum absolute atomic E-state index is 11.6. The SMILES string of the molecule is NC(=O)c1cccc2cn(-c3ccc(C4CCCN(C(=O)O)C4)cc3)nc12. The number of likely N-dealkylation sites (tertiary alicyclic amines) is 1. The summed E-state index contributed by atoms with van der Waals surface area (Å²) in [5.74, 6) is -0.288. The van der Waals surface area contributed by atoms with Crippen molar-refractivity contribution in [2.24, 2.45) is 5.73 Å². The predicted molar refractivity (Wildman–Crippen MR) is 101 cm³/mol. The van der Waals surface area contributed by atoms with Gasteiger partial charge in [0.05, 0.1) is 11.3 Å². The van der Waals surface area contributed by atoms with Crippen molar-refractivity contribution in [3.63, 3.8) is 0 Å². The number of fused-ring (bicyclic) bond motifs is 1. The average Bonchev–Trinajstić information content (AvgIpc) is 3.12. The average molecular weight is 364 g/mol. The van der Waals surface area contributed by atoms with Crippen molar-refractivity contribution in [1.29, 1.82) is 0 Å². The highest BCUT2D eigenvalue weighted by atomic mass is 16.4. The smallest absolute Gasteiger partial charge is 0.407 e. The molecule has 1 fully saturated rings. The molecule has 7 heteroatoms. The molecule has 1 unspecified atom stereocenters.